The number of carbonyl (C=O) groups is 1. The molecule has 1 aliphatic heterocycles. The van der Waals surface area contributed by atoms with E-state index < -0.39 is 6.09 Å². The fourth-order valence-corrected chi connectivity index (χ4v) is 2.98. The van der Waals surface area contributed by atoms with Crippen LogP contribution in [0.15, 0.2) is 41.0 Å². The molecule has 23 heavy (non-hydrogen) atoms. The van der Waals surface area contributed by atoms with Crippen molar-refractivity contribution < 1.29 is 13.9 Å². The van der Waals surface area contributed by atoms with Crippen LogP contribution in [0.4, 0.5) is 4.79 Å². The molecule has 1 aromatic carbocycles. The Kier molecular flexibility index (Phi) is 3.08. The number of hydrogen-bond acceptors (Lipinski definition) is 4. The third kappa shape index (κ3) is 2.44. The number of nitrogens with zero attached hydrogens (tertiary/aromatic N) is 2. The van der Waals surface area contributed by atoms with Gasteiger partial charge >= 0.3 is 6.09 Å². The number of aromatic nitrogens is 1. The summed E-state index contributed by atoms with van der Waals surface area (Å²) in [5, 5.41) is 1.09. The van der Waals surface area contributed by atoms with E-state index in [2.05, 4.69) is 24.0 Å². The topological polar surface area (TPSA) is 55.6 Å². The first-order chi connectivity index (χ1) is 11.1. The number of ether oxygens (including phenoxy) is 1. The SMILES string of the molecule is Cc1cc(C)c2cc3c(nc2c1)OC(=O)N(Cc1ccco1)C3. The van der Waals surface area contributed by atoms with Crippen molar-refractivity contribution in [2.24, 2.45) is 0 Å². The number of furan rings is 1. The van der Waals surface area contributed by atoms with Crippen molar-refractivity contribution in [3.8, 4) is 5.88 Å². The molecule has 0 radical (unpaired) electrons. The number of hydrogen-bond donors (Lipinski definition) is 0. The van der Waals surface area contributed by atoms with Crippen LogP contribution < -0.4 is 4.74 Å². The lowest BCUT2D eigenvalue weighted by atomic mass is 10.0. The summed E-state index contributed by atoms with van der Waals surface area (Å²) in [7, 11) is 0. The van der Waals surface area contributed by atoms with E-state index in [1.54, 1.807) is 17.2 Å². The van der Waals surface area contributed by atoms with E-state index in [9.17, 15) is 4.79 Å². The predicted octanol–water partition coefficient (Wildman–Crippen LogP) is 3.96. The molecule has 0 N–H and O–H groups in total. The number of fused-ring (bicyclic) bond motifs is 2. The van der Waals surface area contributed by atoms with Crippen molar-refractivity contribution in [2.75, 3.05) is 0 Å². The van der Waals surface area contributed by atoms with Crippen LogP contribution in [0.1, 0.15) is 22.5 Å². The molecule has 1 aliphatic rings. The summed E-state index contributed by atoms with van der Waals surface area (Å²) < 4.78 is 10.7. The van der Waals surface area contributed by atoms with Gasteiger partial charge in [-0.05, 0) is 49.2 Å². The van der Waals surface area contributed by atoms with Crippen LogP contribution in [-0.2, 0) is 13.1 Å². The Morgan fingerprint density at radius 2 is 2.13 bits per heavy atom. The Bertz CT molecular complexity index is 900. The van der Waals surface area contributed by atoms with E-state index in [0.29, 0.717) is 19.0 Å². The van der Waals surface area contributed by atoms with Crippen molar-refractivity contribution in [3.05, 3.63) is 59.0 Å². The summed E-state index contributed by atoms with van der Waals surface area (Å²) in [6.45, 7) is 4.95. The Hall–Kier alpha value is -2.82. The summed E-state index contributed by atoms with van der Waals surface area (Å²) >= 11 is 0. The number of carbonyl (C=O) groups excluding carboxylic acids is 1. The molecule has 5 nitrogen and oxygen atoms in total. The molecule has 3 heterocycles. The van der Waals surface area contributed by atoms with Crippen molar-refractivity contribution in [1.82, 2.24) is 9.88 Å². The maximum Gasteiger partial charge on any atom is 0.417 e. The Balaban J connectivity index is 1.73. The van der Waals surface area contributed by atoms with Crippen LogP contribution >= 0.6 is 0 Å². The van der Waals surface area contributed by atoms with Crippen molar-refractivity contribution in [2.45, 2.75) is 26.9 Å². The van der Waals surface area contributed by atoms with Gasteiger partial charge in [0, 0.05) is 10.9 Å². The fourth-order valence-electron chi connectivity index (χ4n) is 2.98. The van der Waals surface area contributed by atoms with E-state index in [4.69, 9.17) is 9.15 Å². The first kappa shape index (κ1) is 13.8. The second kappa shape index (κ2) is 5.12. The lowest BCUT2D eigenvalue weighted by Crippen LogP contribution is -2.36. The molecule has 0 saturated heterocycles. The molecule has 0 fully saturated rings. The fraction of sp³-hybridized carbons (Fsp3) is 0.222. The maximum atomic E-state index is 12.2. The highest BCUT2D eigenvalue weighted by Gasteiger charge is 2.27. The van der Waals surface area contributed by atoms with Crippen molar-refractivity contribution in [3.63, 3.8) is 0 Å². The standard InChI is InChI=1S/C18H16N2O3/c1-11-6-12(2)15-8-13-9-20(10-14-4-3-5-22-14)18(21)23-17(13)19-16(15)7-11/h3-8H,9-10H2,1-2H3. The molecule has 1 amide bonds. The molecule has 0 aliphatic carbocycles. The van der Waals surface area contributed by atoms with Crippen LogP contribution in [0.2, 0.25) is 0 Å². The number of amides is 1. The van der Waals surface area contributed by atoms with Crippen LogP contribution in [0.5, 0.6) is 5.88 Å². The summed E-state index contributed by atoms with van der Waals surface area (Å²) in [5.41, 5.74) is 4.08. The highest BCUT2D eigenvalue weighted by Crippen LogP contribution is 2.30. The number of pyridine rings is 1. The van der Waals surface area contributed by atoms with Gasteiger partial charge < -0.3 is 9.15 Å². The summed E-state index contributed by atoms with van der Waals surface area (Å²) in [6.07, 6.45) is 1.20. The molecule has 0 atom stereocenters. The van der Waals surface area contributed by atoms with Crippen molar-refractivity contribution >= 4 is 17.0 Å². The Labute approximate surface area is 133 Å². The molecule has 0 spiro atoms. The van der Waals surface area contributed by atoms with E-state index in [0.717, 1.165) is 27.8 Å². The van der Waals surface area contributed by atoms with Crippen LogP contribution in [0.25, 0.3) is 10.9 Å². The lowest BCUT2D eigenvalue weighted by Gasteiger charge is -2.27. The van der Waals surface area contributed by atoms with Gasteiger partial charge in [-0.1, -0.05) is 6.07 Å². The molecular weight excluding hydrogens is 292 g/mol. The van der Waals surface area contributed by atoms with E-state index >= 15 is 0 Å². The third-order valence-electron chi connectivity index (χ3n) is 4.05. The van der Waals surface area contributed by atoms with Gasteiger partial charge in [-0.25, -0.2) is 9.78 Å². The normalized spacial score (nSPS) is 14.0. The summed E-state index contributed by atoms with van der Waals surface area (Å²) in [4.78, 5) is 18.3. The lowest BCUT2D eigenvalue weighted by molar-refractivity contribution is 0.129. The van der Waals surface area contributed by atoms with E-state index in [-0.39, 0.29) is 0 Å². The second-order valence-corrected chi connectivity index (χ2v) is 5.90. The number of benzene rings is 1. The highest BCUT2D eigenvalue weighted by atomic mass is 16.6. The quantitative estimate of drug-likeness (QED) is 0.719. The average molecular weight is 308 g/mol. The number of aryl methyl sites for hydroxylation is 2. The van der Waals surface area contributed by atoms with Gasteiger partial charge in [-0.2, -0.15) is 0 Å². The predicted molar refractivity (Wildman–Crippen MR) is 85.2 cm³/mol. The van der Waals surface area contributed by atoms with Gasteiger partial charge in [0.25, 0.3) is 0 Å². The Morgan fingerprint density at radius 3 is 2.91 bits per heavy atom. The Morgan fingerprint density at radius 1 is 1.26 bits per heavy atom. The summed E-state index contributed by atoms with van der Waals surface area (Å²) in [5.74, 6) is 1.13. The minimum Gasteiger partial charge on any atom is -0.467 e. The molecule has 0 bridgehead atoms. The zero-order valence-corrected chi connectivity index (χ0v) is 13.0. The smallest absolute Gasteiger partial charge is 0.417 e. The van der Waals surface area contributed by atoms with E-state index in [1.807, 2.05) is 19.1 Å². The maximum absolute atomic E-state index is 12.2. The van der Waals surface area contributed by atoms with Crippen LogP contribution in [0.3, 0.4) is 0 Å². The van der Waals surface area contributed by atoms with Crippen molar-refractivity contribution in [1.29, 1.82) is 0 Å². The monoisotopic (exact) mass is 308 g/mol. The molecule has 0 unspecified atom stereocenters. The largest absolute Gasteiger partial charge is 0.467 e. The third-order valence-corrected chi connectivity index (χ3v) is 4.05. The molecule has 2 aromatic heterocycles. The summed E-state index contributed by atoms with van der Waals surface area (Å²) in [6, 6.07) is 9.85. The van der Waals surface area contributed by atoms with Gasteiger partial charge in [0.05, 0.1) is 24.9 Å². The highest BCUT2D eigenvalue weighted by molar-refractivity contribution is 5.85. The molecule has 4 rings (SSSR count). The first-order valence-corrected chi connectivity index (χ1v) is 7.50. The zero-order valence-electron chi connectivity index (χ0n) is 13.0. The van der Waals surface area contributed by atoms with Gasteiger partial charge in [-0.3, -0.25) is 4.90 Å². The van der Waals surface area contributed by atoms with Crippen LogP contribution in [0, 0.1) is 13.8 Å². The molecular formula is C18H16N2O3. The van der Waals surface area contributed by atoms with Gasteiger partial charge in [0.1, 0.15) is 5.76 Å². The minimum absolute atomic E-state index is 0.385. The minimum atomic E-state index is -0.398. The first-order valence-electron chi connectivity index (χ1n) is 7.50. The molecule has 5 heteroatoms. The molecule has 116 valence electrons. The van der Waals surface area contributed by atoms with Gasteiger partial charge in [-0.15, -0.1) is 0 Å². The second-order valence-electron chi connectivity index (χ2n) is 5.90. The average Bonchev–Trinajstić information content (AvgIpc) is 3.00. The van der Waals surface area contributed by atoms with E-state index in [1.165, 1.54) is 5.56 Å². The molecule has 0 saturated carbocycles. The van der Waals surface area contributed by atoms with Crippen LogP contribution in [-0.4, -0.2) is 16.0 Å². The van der Waals surface area contributed by atoms with Gasteiger partial charge in [0.2, 0.25) is 5.88 Å². The number of rotatable bonds is 2. The zero-order chi connectivity index (χ0) is 16.0. The molecule has 3 aromatic rings. The van der Waals surface area contributed by atoms with Gasteiger partial charge in [0.15, 0.2) is 0 Å².